The first-order chi connectivity index (χ1) is 7.63. The summed E-state index contributed by atoms with van der Waals surface area (Å²) in [6.45, 7) is 1.73. The Hall–Kier alpha value is -0.220. The molecule has 0 spiro atoms. The Balaban J connectivity index is 2.43. The average molecular weight is 264 g/mol. The van der Waals surface area contributed by atoms with Crippen LogP contribution in [0.2, 0.25) is 0 Å². The molecule has 1 N–H and O–H groups in total. The Labute approximate surface area is 105 Å². The normalized spacial score (nSPS) is 34.5. The monoisotopic (exact) mass is 263 g/mol. The Bertz CT molecular complexity index is 354. The predicted octanol–water partition coefficient (Wildman–Crippen LogP) is 2.01. The van der Waals surface area contributed by atoms with Crippen molar-refractivity contribution in [2.75, 3.05) is 27.3 Å². The van der Waals surface area contributed by atoms with E-state index in [2.05, 4.69) is 5.32 Å². The molecule has 0 saturated carbocycles. The van der Waals surface area contributed by atoms with E-state index in [0.29, 0.717) is 5.76 Å². The number of hydrogen-bond donors (Lipinski definition) is 1. The summed E-state index contributed by atoms with van der Waals surface area (Å²) in [6.07, 6.45) is 2.83. The zero-order valence-corrected chi connectivity index (χ0v) is 10.9. The van der Waals surface area contributed by atoms with Crippen LogP contribution in [0.25, 0.3) is 0 Å². The third kappa shape index (κ3) is 1.76. The summed E-state index contributed by atoms with van der Waals surface area (Å²) in [7, 11) is 3.12. The smallest absolute Gasteiger partial charge is 0.218 e. The molecule has 5 heteroatoms. The van der Waals surface area contributed by atoms with Crippen LogP contribution in [-0.2, 0) is 9.47 Å². The molecule has 2 aliphatic rings. The van der Waals surface area contributed by atoms with Crippen molar-refractivity contribution in [3.05, 3.63) is 23.0 Å². The fourth-order valence-corrected chi connectivity index (χ4v) is 2.87. The maximum absolute atomic E-state index is 6.41. The molecule has 0 bridgehead atoms. The number of alkyl halides is 2. The van der Waals surface area contributed by atoms with E-state index in [1.54, 1.807) is 14.2 Å². The van der Waals surface area contributed by atoms with Gasteiger partial charge < -0.3 is 14.8 Å². The van der Waals surface area contributed by atoms with Gasteiger partial charge in [0.2, 0.25) is 5.06 Å². The SMILES string of the molecule is COC1=CC2=C(CCNC2)C(Cl)C1(Cl)OC. The number of nitrogens with one attached hydrogen (secondary N) is 1. The van der Waals surface area contributed by atoms with Crippen molar-refractivity contribution in [2.24, 2.45) is 0 Å². The Kier molecular flexibility index (Phi) is 3.50. The lowest BCUT2D eigenvalue weighted by Gasteiger charge is -2.38. The second kappa shape index (κ2) is 4.57. The standard InChI is InChI=1S/C11H15Cl2NO2/c1-15-9-5-7-6-14-4-3-8(7)10(12)11(9,13)16-2/h5,10,14H,3-4,6H2,1-2H3. The van der Waals surface area contributed by atoms with Crippen LogP contribution < -0.4 is 5.32 Å². The molecule has 2 rings (SSSR count). The van der Waals surface area contributed by atoms with Gasteiger partial charge in [0.15, 0.2) is 0 Å². The third-order valence-electron chi connectivity index (χ3n) is 3.09. The Morgan fingerprint density at radius 1 is 1.50 bits per heavy atom. The number of ether oxygens (including phenoxy) is 2. The van der Waals surface area contributed by atoms with Crippen molar-refractivity contribution in [2.45, 2.75) is 16.9 Å². The van der Waals surface area contributed by atoms with Gasteiger partial charge >= 0.3 is 0 Å². The molecule has 0 amide bonds. The molecule has 1 aliphatic carbocycles. The summed E-state index contributed by atoms with van der Waals surface area (Å²) in [6, 6.07) is 0. The van der Waals surface area contributed by atoms with E-state index >= 15 is 0 Å². The lowest BCUT2D eigenvalue weighted by Crippen LogP contribution is -2.44. The molecule has 0 radical (unpaired) electrons. The van der Waals surface area contributed by atoms with Gasteiger partial charge in [-0.3, -0.25) is 0 Å². The Morgan fingerprint density at radius 3 is 2.88 bits per heavy atom. The topological polar surface area (TPSA) is 30.5 Å². The molecule has 2 unspecified atom stereocenters. The van der Waals surface area contributed by atoms with Gasteiger partial charge in [0, 0.05) is 13.7 Å². The number of methoxy groups -OCH3 is 2. The molecule has 2 atom stereocenters. The van der Waals surface area contributed by atoms with E-state index in [4.69, 9.17) is 32.7 Å². The first-order valence-corrected chi connectivity index (χ1v) is 6.02. The number of rotatable bonds is 2. The zero-order valence-electron chi connectivity index (χ0n) is 9.35. The van der Waals surface area contributed by atoms with E-state index in [1.165, 1.54) is 0 Å². The van der Waals surface area contributed by atoms with Crippen molar-refractivity contribution in [1.82, 2.24) is 5.32 Å². The number of hydrogen-bond acceptors (Lipinski definition) is 3. The molecule has 0 aromatic carbocycles. The van der Waals surface area contributed by atoms with Crippen LogP contribution >= 0.6 is 23.2 Å². The maximum Gasteiger partial charge on any atom is 0.218 e. The molecule has 0 saturated heterocycles. The van der Waals surface area contributed by atoms with Gasteiger partial charge in [-0.05, 0) is 30.2 Å². The minimum atomic E-state index is -1.08. The van der Waals surface area contributed by atoms with Gasteiger partial charge in [0.25, 0.3) is 0 Å². The van der Waals surface area contributed by atoms with Crippen LogP contribution in [0.15, 0.2) is 23.0 Å². The Morgan fingerprint density at radius 2 is 2.25 bits per heavy atom. The average Bonchev–Trinajstić information content (AvgIpc) is 2.33. The molecule has 1 heterocycles. The third-order valence-corrected chi connectivity index (χ3v) is 4.33. The minimum Gasteiger partial charge on any atom is -0.497 e. The van der Waals surface area contributed by atoms with Crippen LogP contribution in [0.4, 0.5) is 0 Å². The minimum absolute atomic E-state index is 0.379. The van der Waals surface area contributed by atoms with Crippen molar-refractivity contribution < 1.29 is 9.47 Å². The first kappa shape index (κ1) is 12.2. The van der Waals surface area contributed by atoms with Gasteiger partial charge in [0.1, 0.15) is 11.1 Å². The van der Waals surface area contributed by atoms with E-state index < -0.39 is 5.06 Å². The van der Waals surface area contributed by atoms with Crippen LogP contribution in [0, 0.1) is 0 Å². The van der Waals surface area contributed by atoms with E-state index in [9.17, 15) is 0 Å². The van der Waals surface area contributed by atoms with E-state index in [0.717, 1.165) is 30.7 Å². The predicted molar refractivity (Wildman–Crippen MR) is 64.8 cm³/mol. The molecule has 0 aromatic heterocycles. The molecule has 1 aliphatic heterocycles. The van der Waals surface area contributed by atoms with Gasteiger partial charge in [-0.15, -0.1) is 11.6 Å². The summed E-state index contributed by atoms with van der Waals surface area (Å²) in [4.78, 5) is 0. The van der Waals surface area contributed by atoms with Crippen molar-refractivity contribution in [3.63, 3.8) is 0 Å². The lowest BCUT2D eigenvalue weighted by molar-refractivity contribution is 0.0452. The van der Waals surface area contributed by atoms with Crippen LogP contribution in [0.5, 0.6) is 0 Å². The van der Waals surface area contributed by atoms with E-state index in [1.807, 2.05) is 6.08 Å². The van der Waals surface area contributed by atoms with Crippen molar-refractivity contribution in [3.8, 4) is 0 Å². The molecule has 3 nitrogen and oxygen atoms in total. The fourth-order valence-electron chi connectivity index (χ4n) is 2.16. The highest BCUT2D eigenvalue weighted by atomic mass is 35.5. The lowest BCUT2D eigenvalue weighted by atomic mass is 9.89. The summed E-state index contributed by atoms with van der Waals surface area (Å²) < 4.78 is 10.6. The van der Waals surface area contributed by atoms with Crippen molar-refractivity contribution >= 4 is 23.2 Å². The van der Waals surface area contributed by atoms with Gasteiger partial charge in [-0.1, -0.05) is 11.6 Å². The van der Waals surface area contributed by atoms with Crippen LogP contribution in [0.3, 0.4) is 0 Å². The molecular formula is C11H15Cl2NO2. The van der Waals surface area contributed by atoms with Crippen LogP contribution in [-0.4, -0.2) is 37.7 Å². The molecular weight excluding hydrogens is 249 g/mol. The summed E-state index contributed by atoms with van der Waals surface area (Å²) in [5.74, 6) is 0.569. The summed E-state index contributed by atoms with van der Waals surface area (Å²) >= 11 is 12.8. The fraction of sp³-hybridized carbons (Fsp3) is 0.636. The van der Waals surface area contributed by atoms with Gasteiger partial charge in [-0.2, -0.15) is 0 Å². The first-order valence-electron chi connectivity index (χ1n) is 5.20. The van der Waals surface area contributed by atoms with E-state index in [-0.39, 0.29) is 5.38 Å². The summed E-state index contributed by atoms with van der Waals surface area (Å²) in [5.41, 5.74) is 2.31. The van der Waals surface area contributed by atoms with Gasteiger partial charge in [-0.25, -0.2) is 0 Å². The highest BCUT2D eigenvalue weighted by Gasteiger charge is 2.46. The molecule has 16 heavy (non-hydrogen) atoms. The maximum atomic E-state index is 6.41. The molecule has 0 aromatic rings. The highest BCUT2D eigenvalue weighted by molar-refractivity contribution is 6.34. The largest absolute Gasteiger partial charge is 0.497 e. The molecule has 0 fully saturated rings. The highest BCUT2D eigenvalue weighted by Crippen LogP contribution is 2.43. The quantitative estimate of drug-likeness (QED) is 0.774. The van der Waals surface area contributed by atoms with Crippen molar-refractivity contribution in [1.29, 1.82) is 0 Å². The second-order valence-electron chi connectivity index (χ2n) is 3.90. The van der Waals surface area contributed by atoms with Crippen LogP contribution in [0.1, 0.15) is 6.42 Å². The van der Waals surface area contributed by atoms with Gasteiger partial charge in [0.05, 0.1) is 7.11 Å². The second-order valence-corrected chi connectivity index (χ2v) is 4.90. The number of halogens is 2. The molecule has 90 valence electrons. The zero-order chi connectivity index (χ0) is 11.8. The summed E-state index contributed by atoms with van der Waals surface area (Å²) in [5, 5.41) is 1.84.